The molecular formula is C20H14ClN5O2S2. The monoisotopic (exact) mass is 455 g/mol. The zero-order valence-electron chi connectivity index (χ0n) is 15.6. The number of hydrogen-bond acceptors (Lipinski definition) is 7. The number of carbonyl (C=O) groups is 1. The van der Waals surface area contributed by atoms with Gasteiger partial charge >= 0.3 is 0 Å². The van der Waals surface area contributed by atoms with Gasteiger partial charge in [-0.15, -0.1) is 10.2 Å². The Labute approximate surface area is 184 Å². The van der Waals surface area contributed by atoms with Crippen LogP contribution in [-0.2, 0) is 0 Å². The van der Waals surface area contributed by atoms with Crippen LogP contribution in [-0.4, -0.2) is 25.9 Å². The van der Waals surface area contributed by atoms with Gasteiger partial charge in [-0.05, 0) is 61.5 Å². The van der Waals surface area contributed by atoms with Gasteiger partial charge in [0, 0.05) is 21.5 Å². The van der Waals surface area contributed by atoms with Crippen molar-refractivity contribution >= 4 is 45.7 Å². The molecule has 0 saturated heterocycles. The average Bonchev–Trinajstić information content (AvgIpc) is 3.16. The lowest BCUT2D eigenvalue weighted by atomic mass is 10.2. The molecule has 0 saturated carbocycles. The Morgan fingerprint density at radius 2 is 1.77 bits per heavy atom. The van der Waals surface area contributed by atoms with Crippen LogP contribution in [0.5, 0.6) is 0 Å². The number of halogens is 1. The minimum absolute atomic E-state index is 0.267. The average molecular weight is 456 g/mol. The molecular weight excluding hydrogens is 442 g/mol. The zero-order valence-corrected chi connectivity index (χ0v) is 18.0. The summed E-state index contributed by atoms with van der Waals surface area (Å²) in [6, 6.07) is 17.1. The minimum Gasteiger partial charge on any atom is -0.296 e. The number of nitrogens with zero attached hydrogens (tertiary/aromatic N) is 4. The fraction of sp³-hybridized carbons (Fsp3) is 0.0500. The van der Waals surface area contributed by atoms with E-state index in [1.807, 2.05) is 19.1 Å². The molecule has 0 fully saturated rings. The second-order valence-corrected chi connectivity index (χ2v) is 8.82. The molecule has 0 atom stereocenters. The number of benzene rings is 2. The summed E-state index contributed by atoms with van der Waals surface area (Å²) in [7, 11) is 0. The van der Waals surface area contributed by atoms with Gasteiger partial charge in [0.05, 0.1) is 5.69 Å². The molecule has 4 rings (SSSR count). The number of aryl methyl sites for hydroxylation is 1. The van der Waals surface area contributed by atoms with Crippen molar-refractivity contribution in [1.29, 1.82) is 0 Å². The van der Waals surface area contributed by atoms with Crippen LogP contribution in [0.1, 0.15) is 15.4 Å². The van der Waals surface area contributed by atoms with E-state index in [1.165, 1.54) is 33.8 Å². The van der Waals surface area contributed by atoms with Gasteiger partial charge < -0.3 is 0 Å². The SMILES string of the molecule is Cc1nnc(NC(=O)c2ccc(-n3nc(Sc4ccc(Cl)cc4)ccc3=O)cc2)s1. The lowest BCUT2D eigenvalue weighted by Crippen LogP contribution is -2.20. The summed E-state index contributed by atoms with van der Waals surface area (Å²) in [4.78, 5) is 25.6. The molecule has 2 heterocycles. The summed E-state index contributed by atoms with van der Waals surface area (Å²) in [5.74, 6) is -0.301. The molecule has 1 N–H and O–H groups in total. The van der Waals surface area contributed by atoms with E-state index in [9.17, 15) is 9.59 Å². The summed E-state index contributed by atoms with van der Waals surface area (Å²) in [6.45, 7) is 1.81. The molecule has 10 heteroatoms. The van der Waals surface area contributed by atoms with Gasteiger partial charge in [-0.25, -0.2) is 0 Å². The van der Waals surface area contributed by atoms with Crippen molar-refractivity contribution in [3.63, 3.8) is 0 Å². The topological polar surface area (TPSA) is 89.8 Å². The zero-order chi connectivity index (χ0) is 21.1. The van der Waals surface area contributed by atoms with E-state index in [2.05, 4.69) is 20.6 Å². The minimum atomic E-state index is -0.301. The second-order valence-electron chi connectivity index (χ2n) is 6.10. The number of rotatable bonds is 5. The Hall–Kier alpha value is -3.01. The first-order valence-electron chi connectivity index (χ1n) is 8.74. The highest BCUT2D eigenvalue weighted by Gasteiger charge is 2.11. The lowest BCUT2D eigenvalue weighted by Gasteiger charge is -2.08. The summed E-state index contributed by atoms with van der Waals surface area (Å²) < 4.78 is 1.30. The summed E-state index contributed by atoms with van der Waals surface area (Å²) in [5, 5.41) is 17.4. The Balaban J connectivity index is 1.54. The van der Waals surface area contributed by atoms with Crippen LogP contribution in [0.3, 0.4) is 0 Å². The van der Waals surface area contributed by atoms with Gasteiger partial charge in [0.15, 0.2) is 0 Å². The number of anilines is 1. The first kappa shape index (κ1) is 20.3. The smallest absolute Gasteiger partial charge is 0.271 e. The van der Waals surface area contributed by atoms with Crippen molar-refractivity contribution < 1.29 is 4.79 Å². The highest BCUT2D eigenvalue weighted by Crippen LogP contribution is 2.26. The largest absolute Gasteiger partial charge is 0.296 e. The molecule has 0 aliphatic heterocycles. The van der Waals surface area contributed by atoms with Gasteiger partial charge in [-0.2, -0.15) is 9.78 Å². The molecule has 150 valence electrons. The molecule has 2 aromatic heterocycles. The molecule has 0 aliphatic carbocycles. The van der Waals surface area contributed by atoms with Crippen molar-refractivity contribution in [2.45, 2.75) is 16.8 Å². The van der Waals surface area contributed by atoms with E-state index in [4.69, 9.17) is 11.6 Å². The molecule has 1 amide bonds. The van der Waals surface area contributed by atoms with E-state index in [0.29, 0.717) is 26.4 Å². The van der Waals surface area contributed by atoms with Crippen molar-refractivity contribution in [3.05, 3.63) is 86.6 Å². The summed E-state index contributed by atoms with van der Waals surface area (Å²) in [6.07, 6.45) is 0. The van der Waals surface area contributed by atoms with Crippen molar-refractivity contribution in [2.75, 3.05) is 5.32 Å². The fourth-order valence-electron chi connectivity index (χ4n) is 2.53. The van der Waals surface area contributed by atoms with E-state index in [0.717, 1.165) is 9.90 Å². The fourth-order valence-corrected chi connectivity index (χ4v) is 4.01. The van der Waals surface area contributed by atoms with Crippen LogP contribution in [0.2, 0.25) is 5.02 Å². The maximum absolute atomic E-state index is 12.4. The third-order valence-corrected chi connectivity index (χ3v) is 5.87. The quantitative estimate of drug-likeness (QED) is 0.478. The predicted molar refractivity (Wildman–Crippen MR) is 118 cm³/mol. The highest BCUT2D eigenvalue weighted by atomic mass is 35.5. The van der Waals surface area contributed by atoms with Crippen LogP contribution in [0.4, 0.5) is 5.13 Å². The van der Waals surface area contributed by atoms with E-state index < -0.39 is 0 Å². The summed E-state index contributed by atoms with van der Waals surface area (Å²) >= 11 is 8.63. The molecule has 7 nitrogen and oxygen atoms in total. The molecule has 2 aromatic carbocycles. The summed E-state index contributed by atoms with van der Waals surface area (Å²) in [5.41, 5.74) is 0.727. The van der Waals surface area contributed by atoms with Gasteiger partial charge in [0.25, 0.3) is 11.5 Å². The standard InChI is InChI=1S/C20H14ClN5O2S2/c1-12-23-24-20(29-12)22-19(28)13-2-6-15(7-3-13)26-18(27)11-10-17(25-26)30-16-8-4-14(21)5-9-16/h2-11H,1H3,(H,22,24,28). The molecule has 0 spiro atoms. The number of hydrogen-bond donors (Lipinski definition) is 1. The predicted octanol–water partition coefficient (Wildman–Crippen LogP) is 4.45. The maximum atomic E-state index is 12.4. The Morgan fingerprint density at radius 3 is 2.43 bits per heavy atom. The molecule has 0 unspecified atom stereocenters. The van der Waals surface area contributed by atoms with Gasteiger partial charge in [-0.3, -0.25) is 14.9 Å². The van der Waals surface area contributed by atoms with Crippen molar-refractivity contribution in [2.24, 2.45) is 0 Å². The van der Waals surface area contributed by atoms with Gasteiger partial charge in [0.2, 0.25) is 5.13 Å². The molecule has 0 aliphatic rings. The Morgan fingerprint density at radius 1 is 1.03 bits per heavy atom. The van der Waals surface area contributed by atoms with Crippen LogP contribution < -0.4 is 10.9 Å². The first-order valence-corrected chi connectivity index (χ1v) is 10.7. The van der Waals surface area contributed by atoms with Crippen LogP contribution in [0.15, 0.2) is 75.4 Å². The first-order chi connectivity index (χ1) is 14.5. The Kier molecular flexibility index (Phi) is 5.93. The van der Waals surface area contributed by atoms with Crippen LogP contribution in [0.25, 0.3) is 5.69 Å². The van der Waals surface area contributed by atoms with E-state index in [-0.39, 0.29) is 11.5 Å². The van der Waals surface area contributed by atoms with Crippen LogP contribution in [0, 0.1) is 6.92 Å². The molecule has 4 aromatic rings. The number of carbonyl (C=O) groups excluding carboxylic acids is 1. The number of nitrogens with one attached hydrogen (secondary N) is 1. The molecule has 0 bridgehead atoms. The third kappa shape index (κ3) is 4.76. The number of amides is 1. The Bertz CT molecular complexity index is 1250. The van der Waals surface area contributed by atoms with Crippen molar-refractivity contribution in [1.82, 2.24) is 20.0 Å². The third-order valence-electron chi connectivity index (χ3n) is 3.93. The highest BCUT2D eigenvalue weighted by molar-refractivity contribution is 7.99. The molecule has 30 heavy (non-hydrogen) atoms. The van der Waals surface area contributed by atoms with Crippen LogP contribution >= 0.6 is 34.7 Å². The lowest BCUT2D eigenvalue weighted by molar-refractivity contribution is 0.102. The second kappa shape index (κ2) is 8.78. The molecule has 0 radical (unpaired) electrons. The van der Waals surface area contributed by atoms with Gasteiger partial charge in [0.1, 0.15) is 10.0 Å². The number of aromatic nitrogens is 4. The van der Waals surface area contributed by atoms with E-state index in [1.54, 1.807) is 42.5 Å². The normalized spacial score (nSPS) is 10.7. The van der Waals surface area contributed by atoms with Crippen molar-refractivity contribution in [3.8, 4) is 5.69 Å². The van der Waals surface area contributed by atoms with E-state index >= 15 is 0 Å². The maximum Gasteiger partial charge on any atom is 0.271 e. The van der Waals surface area contributed by atoms with Gasteiger partial charge in [-0.1, -0.05) is 34.7 Å².